The minimum atomic E-state index is -0.957. The second kappa shape index (κ2) is 4.71. The summed E-state index contributed by atoms with van der Waals surface area (Å²) >= 11 is 0. The van der Waals surface area contributed by atoms with E-state index in [1.54, 1.807) is 13.8 Å². The average Bonchev–Trinajstić information content (AvgIpc) is 1.86. The summed E-state index contributed by atoms with van der Waals surface area (Å²) in [6.45, 7) is 3.36. The Labute approximate surface area is 65.2 Å². The lowest BCUT2D eigenvalue weighted by Gasteiger charge is -2.04. The number of rotatable bonds is 4. The van der Waals surface area contributed by atoms with E-state index < -0.39 is 5.97 Å². The summed E-state index contributed by atoms with van der Waals surface area (Å²) in [6.07, 6.45) is -0.127. The molecule has 0 heterocycles. The van der Waals surface area contributed by atoms with E-state index in [2.05, 4.69) is 4.74 Å². The number of aliphatic carboxylic acids is 1. The fourth-order valence-electron chi connectivity index (χ4n) is 0.406. The molecule has 4 nitrogen and oxygen atoms in total. The first-order valence-corrected chi connectivity index (χ1v) is 3.42. The van der Waals surface area contributed by atoms with E-state index >= 15 is 0 Å². The molecule has 0 aliphatic carbocycles. The molecule has 0 unspecified atom stereocenters. The highest BCUT2D eigenvalue weighted by Crippen LogP contribution is 1.96. The van der Waals surface area contributed by atoms with Crippen molar-refractivity contribution in [3.63, 3.8) is 0 Å². The van der Waals surface area contributed by atoms with Crippen LogP contribution < -0.4 is 0 Å². The summed E-state index contributed by atoms with van der Waals surface area (Å²) in [5.74, 6) is -1.50. The molecule has 0 saturated carbocycles. The summed E-state index contributed by atoms with van der Waals surface area (Å²) in [6, 6.07) is 0. The first-order valence-electron chi connectivity index (χ1n) is 3.42. The number of hydrogen-bond donors (Lipinski definition) is 1. The van der Waals surface area contributed by atoms with Crippen molar-refractivity contribution in [1.29, 1.82) is 0 Å². The molecule has 0 radical (unpaired) electrons. The van der Waals surface area contributed by atoms with Crippen molar-refractivity contribution in [3.8, 4) is 0 Å². The maximum absolute atomic E-state index is 10.7. The molecule has 0 rings (SSSR count). The van der Waals surface area contributed by atoms with E-state index in [9.17, 15) is 9.59 Å². The van der Waals surface area contributed by atoms with E-state index in [1.807, 2.05) is 0 Å². The molecule has 0 spiro atoms. The third kappa shape index (κ3) is 5.39. The van der Waals surface area contributed by atoms with Gasteiger partial charge in [-0.1, -0.05) is 13.8 Å². The van der Waals surface area contributed by atoms with E-state index in [0.29, 0.717) is 0 Å². The lowest BCUT2D eigenvalue weighted by atomic mass is 10.2. The Hall–Kier alpha value is -1.06. The van der Waals surface area contributed by atoms with E-state index in [-0.39, 0.29) is 24.9 Å². The first kappa shape index (κ1) is 9.94. The molecule has 0 aromatic heterocycles. The summed E-state index contributed by atoms with van der Waals surface area (Å²) < 4.78 is 4.59. The molecule has 1 N–H and O–H groups in total. The molecular weight excluding hydrogens is 148 g/mol. The minimum absolute atomic E-state index is 0.0354. The van der Waals surface area contributed by atoms with E-state index in [0.717, 1.165) is 0 Å². The van der Waals surface area contributed by atoms with Crippen molar-refractivity contribution in [2.75, 3.05) is 6.61 Å². The fraction of sp³-hybridized carbons (Fsp3) is 0.714. The molecule has 0 aliphatic heterocycles. The molecule has 0 amide bonds. The molecule has 0 atom stereocenters. The highest BCUT2D eigenvalue weighted by atomic mass is 16.5. The second-order valence-corrected chi connectivity index (χ2v) is 2.47. The predicted octanol–water partition coefficient (Wildman–Crippen LogP) is 0.660. The van der Waals surface area contributed by atoms with Crippen LogP contribution in [0.2, 0.25) is 0 Å². The fourth-order valence-corrected chi connectivity index (χ4v) is 0.406. The zero-order chi connectivity index (χ0) is 8.85. The zero-order valence-corrected chi connectivity index (χ0v) is 6.66. The SMILES string of the molecule is CC(C)C(=O)OCCC(=O)O. The molecular formula is C7H12O4. The molecule has 4 heteroatoms. The van der Waals surface area contributed by atoms with Crippen LogP contribution in [0.4, 0.5) is 0 Å². The lowest BCUT2D eigenvalue weighted by Crippen LogP contribution is -2.14. The van der Waals surface area contributed by atoms with Crippen molar-refractivity contribution in [3.05, 3.63) is 0 Å². The standard InChI is InChI=1S/C7H12O4/c1-5(2)7(10)11-4-3-6(8)9/h5H,3-4H2,1-2H3,(H,8,9). The van der Waals surface area contributed by atoms with Gasteiger partial charge in [0.05, 0.1) is 12.3 Å². The summed E-state index contributed by atoms with van der Waals surface area (Å²) in [7, 11) is 0. The topological polar surface area (TPSA) is 63.6 Å². The first-order chi connectivity index (χ1) is 5.04. The molecule has 0 bridgehead atoms. The van der Waals surface area contributed by atoms with Gasteiger partial charge in [-0.15, -0.1) is 0 Å². The Morgan fingerprint density at radius 3 is 2.36 bits per heavy atom. The van der Waals surface area contributed by atoms with Crippen LogP contribution in [0.5, 0.6) is 0 Å². The summed E-state index contributed by atoms with van der Waals surface area (Å²) in [5, 5.41) is 8.17. The summed E-state index contributed by atoms with van der Waals surface area (Å²) in [4.78, 5) is 20.7. The molecule has 0 saturated heterocycles. The smallest absolute Gasteiger partial charge is 0.308 e. The van der Waals surface area contributed by atoms with Gasteiger partial charge in [0.25, 0.3) is 0 Å². The third-order valence-electron chi connectivity index (χ3n) is 1.03. The molecule has 0 fully saturated rings. The number of carbonyl (C=O) groups excluding carboxylic acids is 1. The Balaban J connectivity index is 3.39. The largest absolute Gasteiger partial charge is 0.481 e. The van der Waals surface area contributed by atoms with E-state index in [4.69, 9.17) is 5.11 Å². The Bertz CT molecular complexity index is 151. The number of carbonyl (C=O) groups is 2. The molecule has 0 aliphatic rings. The second-order valence-electron chi connectivity index (χ2n) is 2.47. The van der Waals surface area contributed by atoms with Crippen LogP contribution in [0.1, 0.15) is 20.3 Å². The van der Waals surface area contributed by atoms with Gasteiger partial charge in [0.15, 0.2) is 0 Å². The van der Waals surface area contributed by atoms with Crippen LogP contribution in [-0.2, 0) is 14.3 Å². The van der Waals surface area contributed by atoms with Crippen LogP contribution in [0, 0.1) is 5.92 Å². The van der Waals surface area contributed by atoms with Gasteiger partial charge in [-0.2, -0.15) is 0 Å². The van der Waals surface area contributed by atoms with E-state index in [1.165, 1.54) is 0 Å². The minimum Gasteiger partial charge on any atom is -0.481 e. The normalized spacial score (nSPS) is 9.73. The van der Waals surface area contributed by atoms with Crippen molar-refractivity contribution in [2.24, 2.45) is 5.92 Å². The van der Waals surface area contributed by atoms with Gasteiger partial charge >= 0.3 is 11.9 Å². The van der Waals surface area contributed by atoms with Crippen LogP contribution in [-0.4, -0.2) is 23.7 Å². The highest BCUT2D eigenvalue weighted by Gasteiger charge is 2.08. The van der Waals surface area contributed by atoms with Crippen LogP contribution >= 0.6 is 0 Å². The maximum atomic E-state index is 10.7. The Morgan fingerprint density at radius 1 is 1.45 bits per heavy atom. The van der Waals surface area contributed by atoms with Gasteiger partial charge in [-0.25, -0.2) is 0 Å². The number of ether oxygens (including phenoxy) is 1. The van der Waals surface area contributed by atoms with Gasteiger partial charge in [-0.05, 0) is 0 Å². The van der Waals surface area contributed by atoms with Crippen molar-refractivity contribution in [1.82, 2.24) is 0 Å². The molecule has 11 heavy (non-hydrogen) atoms. The highest BCUT2D eigenvalue weighted by molar-refractivity contribution is 5.72. The van der Waals surface area contributed by atoms with Crippen molar-refractivity contribution in [2.45, 2.75) is 20.3 Å². The lowest BCUT2D eigenvalue weighted by molar-refractivity contribution is -0.149. The van der Waals surface area contributed by atoms with Crippen molar-refractivity contribution < 1.29 is 19.4 Å². The van der Waals surface area contributed by atoms with Crippen LogP contribution in [0.3, 0.4) is 0 Å². The molecule has 0 aromatic carbocycles. The van der Waals surface area contributed by atoms with Crippen molar-refractivity contribution >= 4 is 11.9 Å². The maximum Gasteiger partial charge on any atom is 0.308 e. The van der Waals surface area contributed by atoms with Gasteiger partial charge in [0, 0.05) is 0 Å². The number of carboxylic acids is 1. The molecule has 0 aromatic rings. The quantitative estimate of drug-likeness (QED) is 0.613. The molecule has 64 valence electrons. The predicted molar refractivity (Wildman–Crippen MR) is 38.0 cm³/mol. The van der Waals surface area contributed by atoms with Crippen LogP contribution in [0.25, 0.3) is 0 Å². The third-order valence-corrected chi connectivity index (χ3v) is 1.03. The average molecular weight is 160 g/mol. The van der Waals surface area contributed by atoms with Gasteiger partial charge < -0.3 is 9.84 Å². The van der Waals surface area contributed by atoms with Gasteiger partial charge in [-0.3, -0.25) is 9.59 Å². The van der Waals surface area contributed by atoms with Gasteiger partial charge in [0.1, 0.15) is 6.61 Å². The zero-order valence-electron chi connectivity index (χ0n) is 6.66. The summed E-state index contributed by atoms with van der Waals surface area (Å²) in [5.41, 5.74) is 0. The number of hydrogen-bond acceptors (Lipinski definition) is 3. The van der Waals surface area contributed by atoms with Gasteiger partial charge in [0.2, 0.25) is 0 Å². The Morgan fingerprint density at radius 2 is 2.00 bits per heavy atom. The van der Waals surface area contributed by atoms with Crippen LogP contribution in [0.15, 0.2) is 0 Å². The Kier molecular flexibility index (Phi) is 4.26. The number of esters is 1. The monoisotopic (exact) mass is 160 g/mol. The number of carboxylic acid groups (broad SMARTS) is 1.